The first-order valence-electron chi connectivity index (χ1n) is 6.93. The molecule has 0 radical (unpaired) electrons. The van der Waals surface area contributed by atoms with Crippen molar-refractivity contribution in [2.24, 2.45) is 0 Å². The summed E-state index contributed by atoms with van der Waals surface area (Å²) in [4.78, 5) is 0. The van der Waals surface area contributed by atoms with Crippen LogP contribution in [0.1, 0.15) is 24.0 Å². The predicted molar refractivity (Wildman–Crippen MR) is 85.8 cm³/mol. The molecule has 0 saturated carbocycles. The van der Waals surface area contributed by atoms with Gasteiger partial charge in [-0.15, -0.1) is 0 Å². The molecular weight excluding hydrogens is 289 g/mol. The van der Waals surface area contributed by atoms with E-state index in [1.165, 1.54) is 11.1 Å². The van der Waals surface area contributed by atoms with Crippen molar-refractivity contribution in [3.63, 3.8) is 0 Å². The molecule has 0 unspecified atom stereocenters. The topological polar surface area (TPSA) is 12.0 Å². The third-order valence-corrected chi connectivity index (χ3v) is 4.75. The molecule has 1 aliphatic heterocycles. The first kappa shape index (κ1) is 13.9. The normalized spacial score (nSPS) is 17.9. The van der Waals surface area contributed by atoms with Crippen LogP contribution in [0.5, 0.6) is 0 Å². The standard InChI is InChI=1S/C17H17Cl2N/c18-15-5-1-13(2-6-15)17(9-11-20-12-10-17)14-3-7-16(19)8-4-14/h1-8,20H,9-12H2. The molecule has 1 aliphatic rings. The molecule has 3 heteroatoms. The van der Waals surface area contributed by atoms with Crippen molar-refractivity contribution >= 4 is 23.2 Å². The Morgan fingerprint density at radius 1 is 0.700 bits per heavy atom. The number of benzene rings is 2. The zero-order chi connectivity index (χ0) is 14.0. The monoisotopic (exact) mass is 305 g/mol. The fourth-order valence-electron chi connectivity index (χ4n) is 3.14. The Morgan fingerprint density at radius 2 is 1.10 bits per heavy atom. The Bertz CT molecular complexity index is 521. The van der Waals surface area contributed by atoms with E-state index >= 15 is 0 Å². The van der Waals surface area contributed by atoms with Gasteiger partial charge in [0.25, 0.3) is 0 Å². The Labute approximate surface area is 129 Å². The van der Waals surface area contributed by atoms with E-state index in [0.717, 1.165) is 36.0 Å². The van der Waals surface area contributed by atoms with E-state index in [0.29, 0.717) is 0 Å². The number of hydrogen-bond donors (Lipinski definition) is 1. The fourth-order valence-corrected chi connectivity index (χ4v) is 3.39. The number of piperidine rings is 1. The lowest BCUT2D eigenvalue weighted by Gasteiger charge is -2.39. The van der Waals surface area contributed by atoms with Crippen LogP contribution in [0.3, 0.4) is 0 Å². The van der Waals surface area contributed by atoms with Crippen LogP contribution in [0.4, 0.5) is 0 Å². The molecule has 0 aliphatic carbocycles. The SMILES string of the molecule is Clc1ccc(C2(c3ccc(Cl)cc3)CCNCC2)cc1. The van der Waals surface area contributed by atoms with Crippen molar-refractivity contribution < 1.29 is 0 Å². The molecule has 3 rings (SSSR count). The molecule has 2 aromatic rings. The Morgan fingerprint density at radius 3 is 1.50 bits per heavy atom. The molecular formula is C17H17Cl2N. The van der Waals surface area contributed by atoms with E-state index in [1.54, 1.807) is 0 Å². The molecule has 20 heavy (non-hydrogen) atoms. The first-order valence-corrected chi connectivity index (χ1v) is 7.69. The van der Waals surface area contributed by atoms with Crippen LogP contribution in [0.2, 0.25) is 10.0 Å². The van der Waals surface area contributed by atoms with Gasteiger partial charge in [0, 0.05) is 15.5 Å². The van der Waals surface area contributed by atoms with Crippen LogP contribution in [0.15, 0.2) is 48.5 Å². The van der Waals surface area contributed by atoms with Gasteiger partial charge in [-0.2, -0.15) is 0 Å². The largest absolute Gasteiger partial charge is 0.317 e. The van der Waals surface area contributed by atoms with Gasteiger partial charge < -0.3 is 5.32 Å². The van der Waals surface area contributed by atoms with E-state index in [9.17, 15) is 0 Å². The van der Waals surface area contributed by atoms with Crippen molar-refractivity contribution in [2.75, 3.05) is 13.1 Å². The predicted octanol–water partition coefficient (Wildman–Crippen LogP) is 4.66. The quantitative estimate of drug-likeness (QED) is 0.850. The molecule has 1 fully saturated rings. The zero-order valence-corrected chi connectivity index (χ0v) is 12.7. The Hall–Kier alpha value is -1.02. The summed E-state index contributed by atoms with van der Waals surface area (Å²) in [5.41, 5.74) is 2.75. The molecule has 1 heterocycles. The summed E-state index contributed by atoms with van der Waals surface area (Å²) in [5.74, 6) is 0. The average molecular weight is 306 g/mol. The van der Waals surface area contributed by atoms with Crippen LogP contribution in [-0.2, 0) is 5.41 Å². The number of rotatable bonds is 2. The van der Waals surface area contributed by atoms with Crippen molar-refractivity contribution in [3.8, 4) is 0 Å². The third kappa shape index (κ3) is 2.58. The lowest BCUT2D eigenvalue weighted by atomic mass is 9.68. The van der Waals surface area contributed by atoms with Gasteiger partial charge in [-0.3, -0.25) is 0 Å². The minimum absolute atomic E-state index is 0.0699. The van der Waals surface area contributed by atoms with Gasteiger partial charge in [-0.25, -0.2) is 0 Å². The minimum Gasteiger partial charge on any atom is -0.317 e. The third-order valence-electron chi connectivity index (χ3n) is 4.25. The molecule has 1 N–H and O–H groups in total. The molecule has 1 nitrogen and oxygen atoms in total. The number of halogens is 2. The van der Waals surface area contributed by atoms with E-state index in [1.807, 2.05) is 24.3 Å². The summed E-state index contributed by atoms with van der Waals surface area (Å²) in [6, 6.07) is 16.6. The maximum absolute atomic E-state index is 6.03. The highest BCUT2D eigenvalue weighted by Gasteiger charge is 2.35. The molecule has 0 amide bonds. The first-order chi connectivity index (χ1) is 9.71. The second-order valence-corrected chi connectivity index (χ2v) is 6.22. The van der Waals surface area contributed by atoms with Crippen LogP contribution in [0, 0.1) is 0 Å². The van der Waals surface area contributed by atoms with Crippen molar-refractivity contribution in [3.05, 3.63) is 69.7 Å². The van der Waals surface area contributed by atoms with Crippen molar-refractivity contribution in [2.45, 2.75) is 18.3 Å². The van der Waals surface area contributed by atoms with Crippen LogP contribution >= 0.6 is 23.2 Å². The van der Waals surface area contributed by atoms with E-state index in [2.05, 4.69) is 29.6 Å². The van der Waals surface area contributed by atoms with Crippen LogP contribution in [0.25, 0.3) is 0 Å². The van der Waals surface area contributed by atoms with Gasteiger partial charge in [0.1, 0.15) is 0 Å². The molecule has 0 aromatic heterocycles. The minimum atomic E-state index is 0.0699. The highest BCUT2D eigenvalue weighted by Crippen LogP contribution is 2.40. The van der Waals surface area contributed by atoms with Gasteiger partial charge in [-0.05, 0) is 61.3 Å². The summed E-state index contributed by atoms with van der Waals surface area (Å²) >= 11 is 12.1. The Kier molecular flexibility index (Phi) is 4.02. The number of hydrogen-bond acceptors (Lipinski definition) is 1. The second kappa shape index (κ2) is 5.77. The van der Waals surface area contributed by atoms with E-state index in [4.69, 9.17) is 23.2 Å². The highest BCUT2D eigenvalue weighted by atomic mass is 35.5. The lowest BCUT2D eigenvalue weighted by Crippen LogP contribution is -2.40. The maximum atomic E-state index is 6.03. The molecule has 0 spiro atoms. The lowest BCUT2D eigenvalue weighted by molar-refractivity contribution is 0.362. The second-order valence-electron chi connectivity index (χ2n) is 5.35. The van der Waals surface area contributed by atoms with Crippen molar-refractivity contribution in [1.82, 2.24) is 5.32 Å². The molecule has 0 bridgehead atoms. The Balaban J connectivity index is 2.08. The summed E-state index contributed by atoms with van der Waals surface area (Å²) < 4.78 is 0. The van der Waals surface area contributed by atoms with Gasteiger partial charge in [0.2, 0.25) is 0 Å². The van der Waals surface area contributed by atoms with Gasteiger partial charge in [0.05, 0.1) is 0 Å². The summed E-state index contributed by atoms with van der Waals surface area (Å²) in [5, 5.41) is 5.02. The maximum Gasteiger partial charge on any atom is 0.0406 e. The van der Waals surface area contributed by atoms with E-state index in [-0.39, 0.29) is 5.41 Å². The molecule has 2 aromatic carbocycles. The van der Waals surface area contributed by atoms with E-state index < -0.39 is 0 Å². The van der Waals surface area contributed by atoms with Gasteiger partial charge >= 0.3 is 0 Å². The average Bonchev–Trinajstić information content (AvgIpc) is 2.49. The molecule has 0 atom stereocenters. The smallest absolute Gasteiger partial charge is 0.0406 e. The summed E-state index contributed by atoms with van der Waals surface area (Å²) in [7, 11) is 0. The zero-order valence-electron chi connectivity index (χ0n) is 11.2. The van der Waals surface area contributed by atoms with Gasteiger partial charge in [-0.1, -0.05) is 47.5 Å². The van der Waals surface area contributed by atoms with Crippen molar-refractivity contribution in [1.29, 1.82) is 0 Å². The number of nitrogens with one attached hydrogen (secondary N) is 1. The summed E-state index contributed by atoms with van der Waals surface area (Å²) in [6.07, 6.45) is 2.19. The summed E-state index contributed by atoms with van der Waals surface area (Å²) in [6.45, 7) is 2.07. The fraction of sp³-hybridized carbons (Fsp3) is 0.294. The van der Waals surface area contributed by atoms with Gasteiger partial charge in [0.15, 0.2) is 0 Å². The highest BCUT2D eigenvalue weighted by molar-refractivity contribution is 6.30. The molecule has 1 saturated heterocycles. The van der Waals surface area contributed by atoms with Crippen LogP contribution in [-0.4, -0.2) is 13.1 Å². The molecule has 104 valence electrons. The van der Waals surface area contributed by atoms with Crippen LogP contribution < -0.4 is 5.32 Å².